The zero-order valence-electron chi connectivity index (χ0n) is 21.1. The maximum absolute atomic E-state index is 11.8. The van der Waals surface area contributed by atoms with E-state index in [1.54, 1.807) is 0 Å². The van der Waals surface area contributed by atoms with E-state index in [-0.39, 0.29) is 50.4 Å². The molecule has 0 aromatic heterocycles. The van der Waals surface area contributed by atoms with Gasteiger partial charge >= 0.3 is 15.6 Å². The number of rotatable bonds is 27. The SMILES string of the molecule is O=C(CCSCC(=O)NCCOCCOCCOCCOP(=O)(O)O)NCCCCCCOP(=O)(O)OF. The first-order valence-electron chi connectivity index (χ1n) is 11.9. The van der Waals surface area contributed by atoms with Crippen molar-refractivity contribution < 1.29 is 65.9 Å². The minimum absolute atomic E-state index is 0.0387. The van der Waals surface area contributed by atoms with Gasteiger partial charge in [0.2, 0.25) is 11.8 Å². The highest BCUT2D eigenvalue weighted by Gasteiger charge is 2.21. The van der Waals surface area contributed by atoms with E-state index in [9.17, 15) is 23.2 Å². The number of ether oxygens (including phenoxy) is 3. The summed E-state index contributed by atoms with van der Waals surface area (Å²) in [4.78, 5) is 49.2. The first-order valence-corrected chi connectivity index (χ1v) is 16.1. The van der Waals surface area contributed by atoms with Crippen LogP contribution in [0, 0.1) is 0 Å². The molecule has 0 saturated heterocycles. The zero-order chi connectivity index (χ0) is 28.5. The first-order chi connectivity index (χ1) is 18.1. The summed E-state index contributed by atoms with van der Waals surface area (Å²) in [5.41, 5.74) is 0. The summed E-state index contributed by atoms with van der Waals surface area (Å²) in [6, 6.07) is 0. The van der Waals surface area contributed by atoms with Gasteiger partial charge in [0.25, 0.3) is 0 Å². The maximum atomic E-state index is 11.8. The molecular formula is C19H39FN2O13P2S. The van der Waals surface area contributed by atoms with Crippen LogP contribution in [0.4, 0.5) is 4.53 Å². The van der Waals surface area contributed by atoms with Gasteiger partial charge in [0.15, 0.2) is 0 Å². The highest BCUT2D eigenvalue weighted by Crippen LogP contribution is 2.43. The molecule has 0 bridgehead atoms. The van der Waals surface area contributed by atoms with Gasteiger partial charge in [0.1, 0.15) is 0 Å². The highest BCUT2D eigenvalue weighted by atomic mass is 32.2. The highest BCUT2D eigenvalue weighted by molar-refractivity contribution is 7.99. The normalized spacial score (nSPS) is 13.3. The Morgan fingerprint density at radius 2 is 1.29 bits per heavy atom. The third-order valence-corrected chi connectivity index (χ3v) is 6.40. The number of nitrogens with one attached hydrogen (secondary N) is 2. The summed E-state index contributed by atoms with van der Waals surface area (Å²) in [6.45, 7) is 2.08. The molecule has 2 amide bonds. The summed E-state index contributed by atoms with van der Waals surface area (Å²) >= 11 is 1.35. The molecule has 0 saturated carbocycles. The number of phosphoric ester groups is 2. The summed E-state index contributed by atoms with van der Waals surface area (Å²) in [5, 5.41) is 5.48. The summed E-state index contributed by atoms with van der Waals surface area (Å²) < 4.78 is 59.8. The number of carbonyl (C=O) groups is 2. The average molecular weight is 617 g/mol. The van der Waals surface area contributed by atoms with Gasteiger partial charge in [-0.15, -0.1) is 0 Å². The predicted octanol–water partition coefficient (Wildman–Crippen LogP) is 1.08. The van der Waals surface area contributed by atoms with Crippen LogP contribution in [0.5, 0.6) is 0 Å². The molecule has 1 unspecified atom stereocenters. The van der Waals surface area contributed by atoms with Crippen LogP contribution in [-0.2, 0) is 46.7 Å². The van der Waals surface area contributed by atoms with Crippen molar-refractivity contribution in [2.45, 2.75) is 32.1 Å². The number of hydrogen-bond acceptors (Lipinski definition) is 11. The Balaban J connectivity index is 3.37. The second-order valence-electron chi connectivity index (χ2n) is 7.45. The molecule has 0 heterocycles. The number of unbranched alkanes of at least 4 members (excludes halogenated alkanes) is 3. The van der Waals surface area contributed by atoms with E-state index in [1.165, 1.54) is 11.8 Å². The Kier molecular flexibility index (Phi) is 23.7. The molecule has 0 aromatic carbocycles. The van der Waals surface area contributed by atoms with Crippen LogP contribution in [-0.4, -0.2) is 104 Å². The van der Waals surface area contributed by atoms with Gasteiger partial charge in [0.05, 0.1) is 58.6 Å². The van der Waals surface area contributed by atoms with Crippen molar-refractivity contribution in [3.05, 3.63) is 0 Å². The van der Waals surface area contributed by atoms with Crippen molar-refractivity contribution >= 4 is 39.2 Å². The molecule has 0 aromatic rings. The van der Waals surface area contributed by atoms with Crippen molar-refractivity contribution in [1.29, 1.82) is 0 Å². The Hall–Kier alpha value is -0.680. The molecule has 0 aliphatic carbocycles. The Morgan fingerprint density at radius 3 is 1.92 bits per heavy atom. The number of amides is 2. The lowest BCUT2D eigenvalue weighted by atomic mass is 10.2. The van der Waals surface area contributed by atoms with Crippen molar-refractivity contribution in [2.75, 3.05) is 77.5 Å². The topological polar surface area (TPSA) is 208 Å². The Morgan fingerprint density at radius 1 is 0.711 bits per heavy atom. The van der Waals surface area contributed by atoms with Crippen LogP contribution < -0.4 is 10.6 Å². The molecule has 5 N–H and O–H groups in total. The lowest BCUT2D eigenvalue weighted by molar-refractivity contribution is -0.121. The lowest BCUT2D eigenvalue weighted by Crippen LogP contribution is -2.29. The maximum Gasteiger partial charge on any atom is 0.503 e. The van der Waals surface area contributed by atoms with Crippen LogP contribution in [0.1, 0.15) is 32.1 Å². The second-order valence-corrected chi connectivity index (χ2v) is 11.1. The van der Waals surface area contributed by atoms with E-state index in [0.29, 0.717) is 58.1 Å². The van der Waals surface area contributed by atoms with Crippen molar-refractivity contribution in [3.8, 4) is 0 Å². The largest absolute Gasteiger partial charge is 0.503 e. The summed E-state index contributed by atoms with van der Waals surface area (Å²) in [6.07, 6.45) is 2.92. The van der Waals surface area contributed by atoms with Gasteiger partial charge in [-0.3, -0.25) is 18.6 Å². The quantitative estimate of drug-likeness (QED) is 0.0647. The van der Waals surface area contributed by atoms with Crippen LogP contribution in [0.3, 0.4) is 0 Å². The van der Waals surface area contributed by atoms with E-state index in [1.807, 2.05) is 0 Å². The molecule has 0 aliphatic rings. The summed E-state index contributed by atoms with van der Waals surface area (Å²) in [5.74, 6) is 0.461. The molecule has 0 aliphatic heterocycles. The monoisotopic (exact) mass is 616 g/mol. The van der Waals surface area contributed by atoms with E-state index in [0.717, 1.165) is 12.8 Å². The van der Waals surface area contributed by atoms with Gasteiger partial charge in [-0.25, -0.2) is 9.13 Å². The summed E-state index contributed by atoms with van der Waals surface area (Å²) in [7, 11) is -9.03. The van der Waals surface area contributed by atoms with Crippen LogP contribution in [0.25, 0.3) is 0 Å². The number of carbonyl (C=O) groups excluding carboxylic acids is 2. The third-order valence-electron chi connectivity index (χ3n) is 4.24. The van der Waals surface area contributed by atoms with E-state index < -0.39 is 15.6 Å². The number of halogens is 1. The minimum Gasteiger partial charge on any atom is -0.377 e. The van der Waals surface area contributed by atoms with Crippen molar-refractivity contribution in [3.63, 3.8) is 0 Å². The number of thioether (sulfide) groups is 1. The third kappa shape index (κ3) is 28.3. The van der Waals surface area contributed by atoms with Gasteiger partial charge in [-0.2, -0.15) is 11.8 Å². The zero-order valence-corrected chi connectivity index (χ0v) is 23.7. The van der Waals surface area contributed by atoms with Crippen LogP contribution in [0.15, 0.2) is 0 Å². The Bertz CT molecular complexity index is 720. The van der Waals surface area contributed by atoms with Gasteiger partial charge in [-0.1, -0.05) is 17.6 Å². The molecule has 1 atom stereocenters. The standard InChI is InChI=1S/C19H39FN2O13P2S/c20-35-37(28,29)34-8-4-2-1-3-6-21-18(23)5-16-38-17-19(24)22-7-9-30-10-11-31-12-13-32-14-15-33-36(25,26)27/h1-17H2,(H,21,23)(H,22,24)(H,28,29)(H2,25,26,27). The smallest absolute Gasteiger partial charge is 0.377 e. The van der Waals surface area contributed by atoms with E-state index in [2.05, 4.69) is 24.4 Å². The fourth-order valence-corrected chi connectivity index (χ4v) is 3.97. The lowest BCUT2D eigenvalue weighted by Gasteiger charge is -2.08. The van der Waals surface area contributed by atoms with Gasteiger partial charge < -0.3 is 39.5 Å². The van der Waals surface area contributed by atoms with Crippen molar-refractivity contribution in [2.24, 2.45) is 0 Å². The van der Waals surface area contributed by atoms with Crippen LogP contribution >= 0.6 is 27.4 Å². The molecule has 38 heavy (non-hydrogen) atoms. The predicted molar refractivity (Wildman–Crippen MR) is 135 cm³/mol. The molecule has 19 heteroatoms. The molecule has 226 valence electrons. The molecular weight excluding hydrogens is 577 g/mol. The van der Waals surface area contributed by atoms with Crippen molar-refractivity contribution in [1.82, 2.24) is 10.6 Å². The second kappa shape index (κ2) is 24.1. The molecule has 0 radical (unpaired) electrons. The average Bonchev–Trinajstić information content (AvgIpc) is 2.85. The van der Waals surface area contributed by atoms with E-state index >= 15 is 0 Å². The van der Waals surface area contributed by atoms with Gasteiger partial charge in [-0.05, 0) is 17.4 Å². The minimum atomic E-state index is -4.57. The van der Waals surface area contributed by atoms with E-state index in [4.69, 9.17) is 28.9 Å². The fraction of sp³-hybridized carbons (Fsp3) is 0.895. The number of phosphoric acid groups is 2. The molecule has 15 nitrogen and oxygen atoms in total. The molecule has 0 rings (SSSR count). The fourth-order valence-electron chi connectivity index (χ4n) is 2.50. The molecule has 0 spiro atoms. The van der Waals surface area contributed by atoms with Gasteiger partial charge in [0, 0.05) is 25.3 Å². The molecule has 0 fully saturated rings. The van der Waals surface area contributed by atoms with Crippen LogP contribution in [0.2, 0.25) is 0 Å². The number of hydrogen-bond donors (Lipinski definition) is 5. The Labute approximate surface area is 225 Å². The first kappa shape index (κ1) is 37.3.